The van der Waals surface area contributed by atoms with E-state index in [4.69, 9.17) is 20.7 Å². The van der Waals surface area contributed by atoms with Crippen LogP contribution in [0.15, 0.2) is 76.0 Å². The SMILES string of the molecule is C[C@H](c1ccnc(C2(c3cc(CCN)ccn3)CN=C3C=CC=NN32)c1)c1cc(F)c[nH]c1=O. The first-order valence-electron chi connectivity index (χ1n) is 11.1. The van der Waals surface area contributed by atoms with Crippen molar-refractivity contribution in [3.05, 3.63) is 105 Å². The number of nitrogens with zero attached hydrogens (tertiary/aromatic N) is 5. The van der Waals surface area contributed by atoms with Gasteiger partial charge in [-0.1, -0.05) is 6.92 Å². The molecule has 2 atom stereocenters. The number of hydrogen-bond acceptors (Lipinski definition) is 7. The van der Waals surface area contributed by atoms with Gasteiger partial charge < -0.3 is 10.7 Å². The Labute approximate surface area is 195 Å². The van der Waals surface area contributed by atoms with Crippen molar-refractivity contribution in [2.75, 3.05) is 13.1 Å². The van der Waals surface area contributed by atoms with E-state index in [0.717, 1.165) is 35.3 Å². The largest absolute Gasteiger partial charge is 0.330 e. The van der Waals surface area contributed by atoms with E-state index >= 15 is 0 Å². The molecule has 2 aliphatic rings. The van der Waals surface area contributed by atoms with Crippen molar-refractivity contribution in [1.29, 1.82) is 0 Å². The van der Waals surface area contributed by atoms with Crippen LogP contribution < -0.4 is 11.3 Å². The topological polar surface area (TPSA) is 113 Å². The Morgan fingerprint density at radius 2 is 2.00 bits per heavy atom. The lowest BCUT2D eigenvalue weighted by Gasteiger charge is -2.36. The third-order valence-electron chi connectivity index (χ3n) is 6.31. The molecule has 0 aliphatic carbocycles. The molecule has 5 heterocycles. The van der Waals surface area contributed by atoms with Crippen molar-refractivity contribution in [3.63, 3.8) is 0 Å². The second-order valence-electron chi connectivity index (χ2n) is 8.36. The van der Waals surface area contributed by atoms with Crippen LogP contribution in [0.1, 0.15) is 40.9 Å². The number of aliphatic imine (C=N–C) groups is 1. The Morgan fingerprint density at radius 3 is 2.82 bits per heavy atom. The maximum absolute atomic E-state index is 13.9. The van der Waals surface area contributed by atoms with Gasteiger partial charge in [-0.15, -0.1) is 0 Å². The lowest BCUT2D eigenvalue weighted by molar-refractivity contribution is 0.250. The summed E-state index contributed by atoms with van der Waals surface area (Å²) in [4.78, 5) is 29.0. The lowest BCUT2D eigenvalue weighted by atomic mass is 9.86. The van der Waals surface area contributed by atoms with Crippen LogP contribution in [-0.2, 0) is 12.0 Å². The third-order valence-corrected chi connectivity index (χ3v) is 6.31. The summed E-state index contributed by atoms with van der Waals surface area (Å²) in [6.45, 7) is 2.76. The molecule has 2 aliphatic heterocycles. The van der Waals surface area contributed by atoms with E-state index in [2.05, 4.69) is 10.1 Å². The van der Waals surface area contributed by atoms with Gasteiger partial charge in [0.25, 0.3) is 5.56 Å². The highest BCUT2D eigenvalue weighted by Gasteiger charge is 2.49. The van der Waals surface area contributed by atoms with E-state index in [-0.39, 0.29) is 11.5 Å². The first-order valence-corrected chi connectivity index (χ1v) is 11.1. The van der Waals surface area contributed by atoms with Crippen LogP contribution in [0.4, 0.5) is 4.39 Å². The van der Waals surface area contributed by atoms with E-state index in [1.54, 1.807) is 18.6 Å². The van der Waals surface area contributed by atoms with Gasteiger partial charge in [0, 0.05) is 36.3 Å². The van der Waals surface area contributed by atoms with Gasteiger partial charge >= 0.3 is 0 Å². The molecule has 9 heteroatoms. The van der Waals surface area contributed by atoms with Crippen molar-refractivity contribution in [1.82, 2.24) is 20.0 Å². The fourth-order valence-corrected chi connectivity index (χ4v) is 4.49. The summed E-state index contributed by atoms with van der Waals surface area (Å²) in [5.41, 5.74) is 8.27. The molecule has 0 saturated heterocycles. The molecule has 0 fully saturated rings. The number of nitrogens with one attached hydrogen (secondary N) is 1. The normalized spacial score (nSPS) is 19.7. The fourth-order valence-electron chi connectivity index (χ4n) is 4.49. The van der Waals surface area contributed by atoms with Gasteiger partial charge in [0.15, 0.2) is 5.54 Å². The van der Waals surface area contributed by atoms with Gasteiger partial charge in [0.1, 0.15) is 11.7 Å². The van der Waals surface area contributed by atoms with Gasteiger partial charge in [0.05, 0.1) is 17.9 Å². The zero-order valence-electron chi connectivity index (χ0n) is 18.6. The summed E-state index contributed by atoms with van der Waals surface area (Å²) in [5.74, 6) is -0.131. The predicted octanol–water partition coefficient (Wildman–Crippen LogP) is 2.47. The summed E-state index contributed by atoms with van der Waals surface area (Å²) in [7, 11) is 0. The van der Waals surface area contributed by atoms with Crippen LogP contribution in [0.5, 0.6) is 0 Å². The van der Waals surface area contributed by atoms with E-state index in [0.29, 0.717) is 24.3 Å². The van der Waals surface area contributed by atoms with Crippen LogP contribution >= 0.6 is 0 Å². The van der Waals surface area contributed by atoms with Gasteiger partial charge in [-0.05, 0) is 66.6 Å². The number of pyridine rings is 3. The predicted molar refractivity (Wildman–Crippen MR) is 128 cm³/mol. The average Bonchev–Trinajstić information content (AvgIpc) is 3.26. The zero-order chi connectivity index (χ0) is 23.7. The Kier molecular flexibility index (Phi) is 5.62. The van der Waals surface area contributed by atoms with Crippen molar-refractivity contribution >= 4 is 12.1 Å². The number of allylic oxidation sites excluding steroid dienone is 1. The zero-order valence-corrected chi connectivity index (χ0v) is 18.6. The minimum atomic E-state index is -0.870. The van der Waals surface area contributed by atoms with Gasteiger partial charge in [-0.25, -0.2) is 9.40 Å². The molecule has 172 valence electrons. The highest BCUT2D eigenvalue weighted by Crippen LogP contribution is 2.40. The molecule has 34 heavy (non-hydrogen) atoms. The minimum absolute atomic E-state index is 0.324. The molecule has 0 saturated carbocycles. The third kappa shape index (κ3) is 3.63. The van der Waals surface area contributed by atoms with Crippen molar-refractivity contribution < 1.29 is 4.39 Å². The monoisotopic (exact) mass is 457 g/mol. The summed E-state index contributed by atoms with van der Waals surface area (Å²) < 4.78 is 13.9. The van der Waals surface area contributed by atoms with E-state index in [1.807, 2.05) is 48.4 Å². The number of hydrazone groups is 1. The number of hydrogen-bond donors (Lipinski definition) is 2. The molecule has 0 spiro atoms. The van der Waals surface area contributed by atoms with Crippen molar-refractivity contribution in [2.24, 2.45) is 15.8 Å². The molecule has 3 N–H and O–H groups in total. The Balaban J connectivity index is 1.65. The summed E-state index contributed by atoms with van der Waals surface area (Å²) >= 11 is 0. The number of amidine groups is 1. The molecule has 1 unspecified atom stereocenters. The van der Waals surface area contributed by atoms with Crippen LogP contribution in [0, 0.1) is 5.82 Å². The van der Waals surface area contributed by atoms with E-state index in [1.165, 1.54) is 6.07 Å². The van der Waals surface area contributed by atoms with Crippen LogP contribution in [-0.4, -0.2) is 45.1 Å². The quantitative estimate of drug-likeness (QED) is 0.591. The molecule has 0 aromatic carbocycles. The summed E-state index contributed by atoms with van der Waals surface area (Å²) in [5, 5.41) is 6.45. The highest BCUT2D eigenvalue weighted by molar-refractivity contribution is 6.00. The van der Waals surface area contributed by atoms with Crippen LogP contribution in [0.3, 0.4) is 0 Å². The molecule has 0 bridgehead atoms. The molecule has 0 radical (unpaired) electrons. The number of nitrogens with two attached hydrogens (primary N) is 1. The Hall–Kier alpha value is -3.98. The van der Waals surface area contributed by atoms with Crippen LogP contribution in [0.2, 0.25) is 0 Å². The van der Waals surface area contributed by atoms with Crippen molar-refractivity contribution in [2.45, 2.75) is 24.8 Å². The molecule has 0 amide bonds. The second kappa shape index (κ2) is 8.75. The maximum atomic E-state index is 13.9. The molecule has 8 nitrogen and oxygen atoms in total. The lowest BCUT2D eigenvalue weighted by Crippen LogP contribution is -2.46. The number of fused-ring (bicyclic) bond motifs is 1. The van der Waals surface area contributed by atoms with Gasteiger partial charge in [-0.3, -0.25) is 19.8 Å². The molecule has 3 aromatic rings. The number of aromatic amines is 1. The second-order valence-corrected chi connectivity index (χ2v) is 8.36. The molecule has 5 rings (SSSR count). The van der Waals surface area contributed by atoms with E-state index in [9.17, 15) is 9.18 Å². The molecular weight excluding hydrogens is 433 g/mol. The Morgan fingerprint density at radius 1 is 1.21 bits per heavy atom. The smallest absolute Gasteiger partial charge is 0.251 e. The number of H-pyrrole nitrogens is 1. The van der Waals surface area contributed by atoms with E-state index < -0.39 is 11.4 Å². The van der Waals surface area contributed by atoms with Gasteiger partial charge in [-0.2, -0.15) is 5.10 Å². The van der Waals surface area contributed by atoms with Gasteiger partial charge in [0.2, 0.25) is 0 Å². The number of aromatic nitrogens is 3. The first kappa shape index (κ1) is 21.8. The minimum Gasteiger partial charge on any atom is -0.330 e. The number of halogens is 1. The average molecular weight is 458 g/mol. The molecule has 3 aromatic heterocycles. The maximum Gasteiger partial charge on any atom is 0.251 e. The number of rotatable bonds is 6. The fraction of sp³-hybridized carbons (Fsp3) is 0.240. The highest BCUT2D eigenvalue weighted by atomic mass is 19.1. The standard InChI is InChI=1S/C25H24FN7O/c1-16(20-13-19(26)14-30-24(20)34)18-6-10-29-22(12-18)25(15-31-23-3-2-8-32-33(23)25)21-11-17(4-7-27)5-9-28-21/h2-3,5-6,8-14,16H,4,7,15,27H2,1H3,(H,30,34)/t16-,25?/m1/s1. The van der Waals surface area contributed by atoms with Crippen LogP contribution in [0.25, 0.3) is 0 Å². The molecular formula is C25H24FN7O. The van der Waals surface area contributed by atoms with Crippen molar-refractivity contribution in [3.8, 4) is 0 Å². The Bertz CT molecular complexity index is 1380. The summed E-state index contributed by atoms with van der Waals surface area (Å²) in [6.07, 6.45) is 10.7. The summed E-state index contributed by atoms with van der Waals surface area (Å²) in [6, 6.07) is 9.00. The first-order chi connectivity index (χ1) is 16.5.